The summed E-state index contributed by atoms with van der Waals surface area (Å²) in [4.78, 5) is 13.9. The van der Waals surface area contributed by atoms with Crippen molar-refractivity contribution in [3.8, 4) is 0 Å². The van der Waals surface area contributed by atoms with E-state index in [1.807, 2.05) is 37.4 Å². The molecule has 32 heavy (non-hydrogen) atoms. The number of hydrogen-bond donors (Lipinski definition) is 1. The maximum atomic E-state index is 6.23. The van der Waals surface area contributed by atoms with Gasteiger partial charge in [0.2, 0.25) is 0 Å². The van der Waals surface area contributed by atoms with Gasteiger partial charge in [-0.15, -0.1) is 0 Å². The molecule has 0 saturated carbocycles. The first-order valence-corrected chi connectivity index (χ1v) is 11.1. The Bertz CT molecular complexity index is 1020. The minimum atomic E-state index is 0.159. The van der Waals surface area contributed by atoms with Gasteiger partial charge in [0.25, 0.3) is 0 Å². The molecule has 0 aromatic heterocycles. The van der Waals surface area contributed by atoms with Crippen molar-refractivity contribution < 1.29 is 0 Å². The van der Waals surface area contributed by atoms with Crippen molar-refractivity contribution in [2.24, 2.45) is 15.7 Å². The van der Waals surface area contributed by atoms with Crippen molar-refractivity contribution in [1.29, 1.82) is 0 Å². The molecule has 0 aliphatic carbocycles. The Balaban J connectivity index is 2.07. The highest BCUT2D eigenvalue weighted by molar-refractivity contribution is 6.00. The van der Waals surface area contributed by atoms with E-state index >= 15 is 0 Å². The fourth-order valence-electron chi connectivity index (χ4n) is 3.99. The van der Waals surface area contributed by atoms with Gasteiger partial charge in [-0.1, -0.05) is 49.6 Å². The van der Waals surface area contributed by atoms with E-state index in [0.29, 0.717) is 0 Å². The Kier molecular flexibility index (Phi) is 7.65. The molecule has 2 heterocycles. The fraction of sp³-hybridized carbons (Fsp3) is 0.333. The van der Waals surface area contributed by atoms with Crippen LogP contribution in [-0.2, 0) is 0 Å². The van der Waals surface area contributed by atoms with E-state index in [1.165, 1.54) is 0 Å². The van der Waals surface area contributed by atoms with Crippen molar-refractivity contribution in [1.82, 2.24) is 9.80 Å². The smallest absolute Gasteiger partial charge is 0.136 e. The number of aliphatic imine (C=N–C) groups is 2. The number of nitrogens with two attached hydrogens (primary N) is 1. The molecular formula is C27H35N5. The second-order valence-electron chi connectivity index (χ2n) is 8.61. The molecule has 1 aromatic carbocycles. The molecular weight excluding hydrogens is 394 g/mol. The number of hydrogen-bond acceptors (Lipinski definition) is 5. The molecule has 2 aliphatic rings. The minimum absolute atomic E-state index is 0.159. The summed E-state index contributed by atoms with van der Waals surface area (Å²) in [5, 5.41) is 0. The average molecular weight is 430 g/mol. The number of likely N-dealkylation sites (tertiary alicyclic amines) is 1. The largest absolute Gasteiger partial charge is 0.383 e. The molecule has 0 amide bonds. The molecule has 2 atom stereocenters. The van der Waals surface area contributed by atoms with Gasteiger partial charge in [-0.2, -0.15) is 0 Å². The van der Waals surface area contributed by atoms with Crippen LogP contribution in [0.1, 0.15) is 31.4 Å². The molecule has 168 valence electrons. The third kappa shape index (κ3) is 5.54. The predicted molar refractivity (Wildman–Crippen MR) is 138 cm³/mol. The molecule has 1 fully saturated rings. The molecule has 1 saturated heterocycles. The van der Waals surface area contributed by atoms with Crippen LogP contribution in [0.4, 0.5) is 0 Å². The average Bonchev–Trinajstić information content (AvgIpc) is 3.40. The lowest BCUT2D eigenvalue weighted by Gasteiger charge is -2.22. The van der Waals surface area contributed by atoms with Crippen molar-refractivity contribution in [3.05, 3.63) is 89.9 Å². The summed E-state index contributed by atoms with van der Waals surface area (Å²) < 4.78 is 0. The van der Waals surface area contributed by atoms with Crippen LogP contribution in [0.3, 0.4) is 0 Å². The number of allylic oxidation sites excluding steroid dienone is 5. The lowest BCUT2D eigenvalue weighted by molar-refractivity contribution is 0.413. The standard InChI is InChI=1S/C27H35N5/c1-7-21(17-31(5)6)23-11-9-10-22(15-23)20(4)30-27(32-13-12-25(28)18-32)26(8-2)24-14-19(3)29-16-24/h7-11,14-17,19,25H,1-2,12-13,18,28H2,3-6H3/b21-17+,27-26-,30-20?/t19-,25-/m1/s1. The maximum Gasteiger partial charge on any atom is 0.136 e. The Morgan fingerprint density at radius 3 is 2.56 bits per heavy atom. The highest BCUT2D eigenvalue weighted by Gasteiger charge is 2.24. The Hall–Kier alpha value is -3.18. The van der Waals surface area contributed by atoms with Gasteiger partial charge >= 0.3 is 0 Å². The third-order valence-corrected chi connectivity index (χ3v) is 5.65. The Morgan fingerprint density at radius 1 is 1.25 bits per heavy atom. The van der Waals surface area contributed by atoms with Gasteiger partial charge in [-0.05, 0) is 43.0 Å². The van der Waals surface area contributed by atoms with Crippen molar-refractivity contribution in [3.63, 3.8) is 0 Å². The molecule has 0 bridgehead atoms. The van der Waals surface area contributed by atoms with Crippen molar-refractivity contribution in [2.75, 3.05) is 27.2 Å². The quantitative estimate of drug-likeness (QED) is 0.492. The summed E-state index contributed by atoms with van der Waals surface area (Å²) >= 11 is 0. The molecule has 3 rings (SSSR count). The van der Waals surface area contributed by atoms with Crippen molar-refractivity contribution in [2.45, 2.75) is 32.4 Å². The van der Waals surface area contributed by atoms with Gasteiger partial charge in [0.05, 0.1) is 6.04 Å². The zero-order valence-corrected chi connectivity index (χ0v) is 19.8. The number of rotatable bonds is 8. The van der Waals surface area contributed by atoms with E-state index in [4.69, 9.17) is 10.7 Å². The van der Waals surface area contributed by atoms with Crippen LogP contribution in [-0.4, -0.2) is 61.0 Å². The van der Waals surface area contributed by atoms with Gasteiger partial charge in [-0.3, -0.25) is 4.99 Å². The van der Waals surface area contributed by atoms with Crippen LogP contribution in [0, 0.1) is 0 Å². The van der Waals surface area contributed by atoms with Crippen molar-refractivity contribution >= 4 is 17.5 Å². The first-order valence-electron chi connectivity index (χ1n) is 11.1. The van der Waals surface area contributed by atoms with Gasteiger partial charge < -0.3 is 15.5 Å². The lowest BCUT2D eigenvalue weighted by Crippen LogP contribution is -2.27. The normalized spacial score (nSPS) is 22.0. The summed E-state index contributed by atoms with van der Waals surface area (Å²) in [6.45, 7) is 13.9. The van der Waals surface area contributed by atoms with Crippen LogP contribution >= 0.6 is 0 Å². The number of nitrogens with zero attached hydrogens (tertiary/aromatic N) is 4. The van der Waals surface area contributed by atoms with Gasteiger partial charge in [0.1, 0.15) is 5.82 Å². The van der Waals surface area contributed by atoms with E-state index < -0.39 is 0 Å². The van der Waals surface area contributed by atoms with Crippen LogP contribution in [0.15, 0.2) is 88.8 Å². The Labute approximate surface area is 192 Å². The SMILES string of the molecule is C=C/C(=C\N(C)C)c1cccc(C(C)=N/C(=C(\C=C)C2=C[C@@H](C)N=C2)N2CC[C@@H](N)C2)c1. The molecule has 2 aliphatic heterocycles. The molecule has 0 radical (unpaired) electrons. The van der Waals surface area contributed by atoms with E-state index in [1.54, 1.807) is 0 Å². The molecule has 5 nitrogen and oxygen atoms in total. The van der Waals surface area contributed by atoms with E-state index in [9.17, 15) is 0 Å². The molecule has 2 N–H and O–H groups in total. The van der Waals surface area contributed by atoms with E-state index in [0.717, 1.165) is 58.9 Å². The van der Waals surface area contributed by atoms with Gasteiger partial charge in [0.15, 0.2) is 0 Å². The maximum absolute atomic E-state index is 6.23. The molecule has 0 spiro atoms. The summed E-state index contributed by atoms with van der Waals surface area (Å²) in [5.41, 5.74) is 12.5. The molecule has 5 heteroatoms. The van der Waals surface area contributed by atoms with Crippen LogP contribution in [0.2, 0.25) is 0 Å². The second kappa shape index (κ2) is 10.4. The fourth-order valence-corrected chi connectivity index (χ4v) is 3.99. The van der Waals surface area contributed by atoms with Crippen LogP contribution in [0.25, 0.3) is 5.57 Å². The summed E-state index contributed by atoms with van der Waals surface area (Å²) in [5.74, 6) is 0.912. The van der Waals surface area contributed by atoms with Gasteiger partial charge in [-0.25, -0.2) is 4.99 Å². The summed E-state index contributed by atoms with van der Waals surface area (Å²) in [6, 6.07) is 8.75. The second-order valence-corrected chi connectivity index (χ2v) is 8.61. The zero-order chi connectivity index (χ0) is 23.3. The highest BCUT2D eigenvalue weighted by atomic mass is 15.2. The van der Waals surface area contributed by atoms with Crippen LogP contribution in [0.5, 0.6) is 0 Å². The Morgan fingerprint density at radius 2 is 2.00 bits per heavy atom. The monoisotopic (exact) mass is 429 g/mol. The topological polar surface area (TPSA) is 57.2 Å². The molecule has 0 unspecified atom stereocenters. The first-order chi connectivity index (χ1) is 15.3. The summed E-state index contributed by atoms with van der Waals surface area (Å²) in [6.07, 6.45) is 10.9. The minimum Gasteiger partial charge on any atom is -0.383 e. The zero-order valence-electron chi connectivity index (χ0n) is 19.8. The summed E-state index contributed by atoms with van der Waals surface area (Å²) in [7, 11) is 4.02. The van der Waals surface area contributed by atoms with Gasteiger partial charge in [0, 0.05) is 62.5 Å². The van der Waals surface area contributed by atoms with E-state index in [2.05, 4.69) is 73.4 Å². The predicted octanol–water partition coefficient (Wildman–Crippen LogP) is 4.41. The van der Waals surface area contributed by atoms with E-state index in [-0.39, 0.29) is 12.1 Å². The van der Waals surface area contributed by atoms with Crippen LogP contribution < -0.4 is 5.73 Å². The lowest BCUT2D eigenvalue weighted by atomic mass is 10.0. The number of benzene rings is 1. The first kappa shape index (κ1) is 23.5. The molecule has 1 aromatic rings. The highest BCUT2D eigenvalue weighted by Crippen LogP contribution is 2.27. The third-order valence-electron chi connectivity index (χ3n) is 5.65.